The zero-order valence-corrected chi connectivity index (χ0v) is 26.4. The molecular formula is C34H32O14-2. The maximum atomic E-state index is 13.1. The van der Waals surface area contributed by atoms with E-state index in [-0.39, 0.29) is 50.7 Å². The minimum absolute atomic E-state index is 0.0610. The lowest BCUT2D eigenvalue weighted by molar-refractivity contribution is -0.407. The van der Waals surface area contributed by atoms with E-state index in [9.17, 15) is 34.2 Å². The van der Waals surface area contributed by atoms with Crippen molar-refractivity contribution in [3.05, 3.63) is 88.8 Å². The zero-order chi connectivity index (χ0) is 34.7. The van der Waals surface area contributed by atoms with E-state index in [1.54, 1.807) is 37.3 Å². The van der Waals surface area contributed by atoms with E-state index >= 15 is 0 Å². The van der Waals surface area contributed by atoms with Gasteiger partial charge in [-0.25, -0.2) is 19.2 Å². The number of ether oxygens (including phenoxy) is 7. The van der Waals surface area contributed by atoms with Gasteiger partial charge in [0.1, 0.15) is 5.57 Å². The van der Waals surface area contributed by atoms with Crippen LogP contribution in [-0.4, -0.2) is 53.8 Å². The summed E-state index contributed by atoms with van der Waals surface area (Å²) < 4.78 is 37.3. The maximum absolute atomic E-state index is 13.1. The van der Waals surface area contributed by atoms with Crippen molar-refractivity contribution in [3.63, 3.8) is 0 Å². The minimum atomic E-state index is -1.66. The highest BCUT2D eigenvalue weighted by Crippen LogP contribution is 2.45. The van der Waals surface area contributed by atoms with Crippen LogP contribution < -0.4 is 10.2 Å². The fourth-order valence-electron chi connectivity index (χ4n) is 5.33. The molecular weight excluding hydrogens is 632 g/mol. The Morgan fingerprint density at radius 3 is 2.02 bits per heavy atom. The molecule has 1 atom stereocenters. The Kier molecular flexibility index (Phi) is 9.37. The summed E-state index contributed by atoms with van der Waals surface area (Å²) in [6, 6.07) is 8.68. The molecule has 4 aliphatic rings. The third-order valence-electron chi connectivity index (χ3n) is 8.05. The molecule has 0 bridgehead atoms. The Morgan fingerprint density at radius 2 is 1.44 bits per heavy atom. The molecule has 0 amide bonds. The molecule has 0 N–H and O–H groups in total. The molecule has 1 aliphatic carbocycles. The van der Waals surface area contributed by atoms with E-state index in [1.165, 1.54) is 38.2 Å². The van der Waals surface area contributed by atoms with Gasteiger partial charge in [-0.15, -0.1) is 0 Å². The summed E-state index contributed by atoms with van der Waals surface area (Å²) in [5.41, 5.74) is -0.0648. The Balaban J connectivity index is 1.32. The molecule has 1 saturated carbocycles. The number of allylic oxidation sites excluding steroid dienone is 4. The van der Waals surface area contributed by atoms with Gasteiger partial charge >= 0.3 is 29.8 Å². The molecule has 0 aromatic heterocycles. The van der Waals surface area contributed by atoms with E-state index < -0.39 is 70.2 Å². The number of hydrogen-bond acceptors (Lipinski definition) is 14. The fraction of sp³-hybridized carbons (Fsp3) is 0.382. The van der Waals surface area contributed by atoms with Crippen molar-refractivity contribution >= 4 is 35.4 Å². The second-order valence-corrected chi connectivity index (χ2v) is 11.5. The molecule has 3 heterocycles. The molecule has 1 saturated heterocycles. The minimum Gasteiger partial charge on any atom is -0.574 e. The predicted octanol–water partition coefficient (Wildman–Crippen LogP) is 1.99. The summed E-state index contributed by atoms with van der Waals surface area (Å²) in [6.07, 6.45) is 4.64. The van der Waals surface area contributed by atoms with Gasteiger partial charge in [-0.1, -0.05) is 42.5 Å². The van der Waals surface area contributed by atoms with Crippen molar-refractivity contribution in [2.45, 2.75) is 76.7 Å². The number of hydrogen-bond donors (Lipinski definition) is 0. The molecule has 2 fully saturated rings. The third-order valence-corrected chi connectivity index (χ3v) is 8.05. The SMILES string of the molecule is CCOC(=O)CCC1(C)OC(=O)C(/C=C/C(=C/C=C2C(=O)OC3(CCC4(CC3)OC(=O)C(C)=C([O-])O4)OC2=O)c2ccccc2)=C([O-])O1. The second-order valence-electron chi connectivity index (χ2n) is 11.5. The average Bonchev–Trinajstić information content (AvgIpc) is 3.03. The van der Waals surface area contributed by atoms with E-state index in [2.05, 4.69) is 0 Å². The predicted molar refractivity (Wildman–Crippen MR) is 156 cm³/mol. The van der Waals surface area contributed by atoms with Crippen LogP contribution in [-0.2, 0) is 57.1 Å². The summed E-state index contributed by atoms with van der Waals surface area (Å²) in [7, 11) is 0. The normalized spacial score (nSPS) is 27.6. The molecule has 5 rings (SSSR count). The van der Waals surface area contributed by atoms with Crippen molar-refractivity contribution in [2.24, 2.45) is 0 Å². The monoisotopic (exact) mass is 664 g/mol. The lowest BCUT2D eigenvalue weighted by Crippen LogP contribution is -2.55. The molecule has 1 aromatic rings. The Labute approximate surface area is 274 Å². The molecule has 1 unspecified atom stereocenters. The van der Waals surface area contributed by atoms with Crippen LogP contribution in [0.1, 0.15) is 64.9 Å². The van der Waals surface area contributed by atoms with E-state index in [1.807, 2.05) is 0 Å². The first-order valence-electron chi connectivity index (χ1n) is 15.2. The fourth-order valence-corrected chi connectivity index (χ4v) is 5.33. The quantitative estimate of drug-likeness (QED) is 0.129. The van der Waals surface area contributed by atoms with E-state index in [4.69, 9.17) is 33.2 Å². The number of rotatable bonds is 8. The van der Waals surface area contributed by atoms with Crippen molar-refractivity contribution in [1.29, 1.82) is 0 Å². The molecule has 1 aromatic carbocycles. The first-order chi connectivity index (χ1) is 22.8. The van der Waals surface area contributed by atoms with Crippen LogP contribution in [0.4, 0.5) is 0 Å². The van der Waals surface area contributed by atoms with Gasteiger partial charge in [0, 0.05) is 32.1 Å². The molecule has 14 nitrogen and oxygen atoms in total. The van der Waals surface area contributed by atoms with Crippen LogP contribution in [0.2, 0.25) is 0 Å². The highest BCUT2D eigenvalue weighted by Gasteiger charge is 2.53. The Morgan fingerprint density at radius 1 is 0.833 bits per heavy atom. The van der Waals surface area contributed by atoms with Gasteiger partial charge in [-0.2, -0.15) is 0 Å². The van der Waals surface area contributed by atoms with Crippen LogP contribution in [0, 0.1) is 0 Å². The summed E-state index contributed by atoms with van der Waals surface area (Å²) >= 11 is 0. The van der Waals surface area contributed by atoms with E-state index in [0.29, 0.717) is 11.1 Å². The van der Waals surface area contributed by atoms with Crippen LogP contribution in [0.5, 0.6) is 0 Å². The highest BCUT2D eigenvalue weighted by molar-refractivity contribution is 6.15. The Bertz CT molecular complexity index is 1650. The van der Waals surface area contributed by atoms with Gasteiger partial charge in [0.15, 0.2) is 11.6 Å². The van der Waals surface area contributed by atoms with Gasteiger partial charge in [0.25, 0.3) is 5.79 Å². The largest absolute Gasteiger partial charge is 0.574 e. The van der Waals surface area contributed by atoms with Crippen LogP contribution >= 0.6 is 0 Å². The highest BCUT2D eigenvalue weighted by atomic mass is 16.8. The van der Waals surface area contributed by atoms with Gasteiger partial charge in [0.2, 0.25) is 0 Å². The number of cyclic esters (lactones) is 1. The molecule has 2 spiro atoms. The molecule has 3 aliphatic heterocycles. The van der Waals surface area contributed by atoms with Crippen LogP contribution in [0.15, 0.2) is 83.2 Å². The lowest BCUT2D eigenvalue weighted by Gasteiger charge is -2.50. The first kappa shape index (κ1) is 33.8. The number of carbonyl (C=O) groups is 5. The number of esters is 5. The van der Waals surface area contributed by atoms with E-state index in [0.717, 1.165) is 0 Å². The molecule has 254 valence electrons. The van der Waals surface area contributed by atoms with Crippen LogP contribution in [0.25, 0.3) is 5.57 Å². The number of benzene rings is 1. The van der Waals surface area contributed by atoms with Crippen molar-refractivity contribution in [1.82, 2.24) is 0 Å². The van der Waals surface area contributed by atoms with Crippen LogP contribution in [0.3, 0.4) is 0 Å². The first-order valence-corrected chi connectivity index (χ1v) is 15.2. The lowest BCUT2D eigenvalue weighted by atomic mass is 9.87. The molecule has 14 heteroatoms. The Hall–Kier alpha value is -5.53. The van der Waals surface area contributed by atoms with Crippen molar-refractivity contribution in [3.8, 4) is 0 Å². The topological polar surface area (TPSA) is 196 Å². The summed E-state index contributed by atoms with van der Waals surface area (Å²) in [5.74, 6) is -10.9. The van der Waals surface area contributed by atoms with Gasteiger partial charge in [-0.3, -0.25) is 4.79 Å². The smallest absolute Gasteiger partial charge is 0.348 e. The van der Waals surface area contributed by atoms with Gasteiger partial charge in [0.05, 0.1) is 36.1 Å². The second kappa shape index (κ2) is 13.3. The zero-order valence-electron chi connectivity index (χ0n) is 26.4. The molecule has 48 heavy (non-hydrogen) atoms. The van der Waals surface area contributed by atoms with Gasteiger partial charge < -0.3 is 43.4 Å². The summed E-state index contributed by atoms with van der Waals surface area (Å²) in [5, 5.41) is 24.9. The summed E-state index contributed by atoms with van der Waals surface area (Å²) in [4.78, 5) is 62.7. The summed E-state index contributed by atoms with van der Waals surface area (Å²) in [6.45, 7) is 4.47. The van der Waals surface area contributed by atoms with Gasteiger partial charge in [-0.05, 0) is 44.1 Å². The number of carbonyl (C=O) groups excluding carboxylic acids is 5. The average molecular weight is 665 g/mol. The third kappa shape index (κ3) is 7.22. The van der Waals surface area contributed by atoms with Crippen molar-refractivity contribution < 1.29 is 67.3 Å². The maximum Gasteiger partial charge on any atom is 0.348 e. The molecule has 0 radical (unpaired) electrons. The van der Waals surface area contributed by atoms with Crippen molar-refractivity contribution in [2.75, 3.05) is 6.61 Å². The standard InChI is InChI=1S/C34H34O14/c1-4-42-25(35)14-15-32(3)43-28(38)23(29(39)44-32)12-10-22(21-8-6-5-7-9-21)11-13-24-30(40)47-34(48-31(24)41)18-16-33(17-19-34)45-26(36)20(2)27(37)46-33/h5-13,36,38H,4,14-19H2,1-3H3/p-2/b12-10+,22-11-,24-13?.